The quantitative estimate of drug-likeness (QED) is 0.796. The summed E-state index contributed by atoms with van der Waals surface area (Å²) in [5.74, 6) is 1.89. The molecule has 1 aromatic heterocycles. The summed E-state index contributed by atoms with van der Waals surface area (Å²) in [6, 6.07) is 8.34. The number of aromatic nitrogens is 2. The molecule has 0 amide bonds. The Morgan fingerprint density at radius 2 is 1.72 bits per heavy atom. The second kappa shape index (κ2) is 4.69. The molecule has 96 valence electrons. The Morgan fingerprint density at radius 3 is 2.17 bits per heavy atom. The van der Waals surface area contributed by atoms with Gasteiger partial charge in [0.2, 0.25) is 11.8 Å². The Hall–Kier alpha value is -1.42. The highest BCUT2D eigenvalue weighted by Crippen LogP contribution is 2.24. The van der Waals surface area contributed by atoms with Crippen LogP contribution in [-0.4, -0.2) is 20.4 Å². The second-order valence-corrected chi connectivity index (χ2v) is 8.44. The molecule has 0 unspecified atom stereocenters. The molecule has 1 heterocycles. The van der Waals surface area contributed by atoms with Crippen molar-refractivity contribution in [1.82, 2.24) is 10.2 Å². The van der Waals surface area contributed by atoms with Crippen LogP contribution in [0.4, 0.5) is 0 Å². The first-order valence-electron chi connectivity index (χ1n) is 6.32. The molecular weight excluding hydrogens is 240 g/mol. The molecule has 0 aliphatic carbocycles. The lowest BCUT2D eigenvalue weighted by atomic mass is 10.0. The van der Waals surface area contributed by atoms with Gasteiger partial charge in [-0.1, -0.05) is 39.8 Å². The highest BCUT2D eigenvalue weighted by atomic mass is 28.1. The van der Waals surface area contributed by atoms with Gasteiger partial charge < -0.3 is 4.42 Å². The zero-order valence-corrected chi connectivity index (χ0v) is 13.7. The minimum Gasteiger partial charge on any atom is -0.420 e. The van der Waals surface area contributed by atoms with Gasteiger partial charge >= 0.3 is 0 Å². The van der Waals surface area contributed by atoms with Crippen molar-refractivity contribution in [2.45, 2.75) is 38.7 Å². The molecule has 3 nitrogen and oxygen atoms in total. The Bertz CT molecular complexity index is 523. The Labute approximate surface area is 111 Å². The van der Waals surface area contributed by atoms with E-state index in [-0.39, 0.29) is 5.04 Å². The lowest BCUT2D eigenvalue weighted by Crippen LogP contribution is -2.16. The molecule has 0 aliphatic rings. The van der Waals surface area contributed by atoms with Crippen molar-refractivity contribution >= 4 is 10.2 Å². The Morgan fingerprint density at radius 1 is 1.11 bits per heavy atom. The lowest BCUT2D eigenvalue weighted by molar-refractivity contribution is 0.456. The molecule has 0 saturated carbocycles. The first kappa shape index (κ1) is 13.0. The average Bonchev–Trinajstić information content (AvgIpc) is 2.78. The Kier molecular flexibility index (Phi) is 3.39. The van der Waals surface area contributed by atoms with E-state index in [1.807, 2.05) is 12.1 Å². The van der Waals surface area contributed by atoms with Gasteiger partial charge in [-0.3, -0.25) is 0 Å². The van der Waals surface area contributed by atoms with E-state index < -0.39 is 0 Å². The van der Waals surface area contributed by atoms with Gasteiger partial charge in [0.25, 0.3) is 0 Å². The molecule has 18 heavy (non-hydrogen) atoms. The van der Waals surface area contributed by atoms with E-state index >= 15 is 0 Å². The predicted molar refractivity (Wildman–Crippen MR) is 76.8 cm³/mol. The van der Waals surface area contributed by atoms with E-state index in [0.29, 0.717) is 11.8 Å². The highest BCUT2D eigenvalue weighted by molar-refractivity contribution is 6.14. The summed E-state index contributed by atoms with van der Waals surface area (Å²) >= 11 is 0. The molecular formula is C14H20N2OSi. The predicted octanol–water partition coefficient (Wildman–Crippen LogP) is 2.46. The van der Waals surface area contributed by atoms with E-state index in [2.05, 4.69) is 50.0 Å². The van der Waals surface area contributed by atoms with Gasteiger partial charge in [0.1, 0.15) is 0 Å². The van der Waals surface area contributed by atoms with Crippen molar-refractivity contribution in [2.24, 2.45) is 0 Å². The summed E-state index contributed by atoms with van der Waals surface area (Å²) < 4.78 is 5.75. The van der Waals surface area contributed by atoms with Crippen LogP contribution in [0.5, 0.6) is 0 Å². The van der Waals surface area contributed by atoms with Gasteiger partial charge in [0.05, 0.1) is 0 Å². The monoisotopic (exact) mass is 260 g/mol. The number of benzene rings is 1. The van der Waals surface area contributed by atoms with Gasteiger partial charge in [-0.2, -0.15) is 0 Å². The third-order valence-corrected chi connectivity index (χ3v) is 3.32. The van der Waals surface area contributed by atoms with Gasteiger partial charge in [0, 0.05) is 20.8 Å². The molecule has 2 rings (SSSR count). The first-order chi connectivity index (χ1) is 8.38. The standard InChI is InChI=1S/C14H20N2OSi/c1-9(2)10-5-7-11(8-6-10)12-15-16-13(17-12)14(3,4)18/h5-9H,1-4,18H3. The fourth-order valence-corrected chi connectivity index (χ4v) is 1.86. The van der Waals surface area contributed by atoms with E-state index in [1.165, 1.54) is 5.56 Å². The van der Waals surface area contributed by atoms with Crippen molar-refractivity contribution < 1.29 is 4.42 Å². The Balaban J connectivity index is 2.29. The van der Waals surface area contributed by atoms with Crippen LogP contribution in [-0.2, 0) is 5.04 Å². The number of nitrogens with zero attached hydrogens (tertiary/aromatic N) is 2. The molecule has 0 bridgehead atoms. The third-order valence-electron chi connectivity index (χ3n) is 2.89. The normalized spacial score (nSPS) is 12.3. The lowest BCUT2D eigenvalue weighted by Gasteiger charge is -2.11. The van der Waals surface area contributed by atoms with Crippen LogP contribution in [0.15, 0.2) is 28.7 Å². The molecule has 0 aliphatic heterocycles. The maximum absolute atomic E-state index is 5.75. The van der Waals surface area contributed by atoms with Gasteiger partial charge in [-0.05, 0) is 23.6 Å². The van der Waals surface area contributed by atoms with E-state index in [4.69, 9.17) is 4.42 Å². The fraction of sp³-hybridized carbons (Fsp3) is 0.429. The SMILES string of the molecule is CC(C)c1ccc(-c2nnc(C(C)(C)[SiH3])o2)cc1. The number of rotatable bonds is 3. The molecule has 0 atom stereocenters. The van der Waals surface area contributed by atoms with Crippen molar-refractivity contribution in [2.75, 3.05) is 0 Å². The summed E-state index contributed by atoms with van der Waals surface area (Å²) in [7, 11) is 0.991. The van der Waals surface area contributed by atoms with Crippen LogP contribution < -0.4 is 0 Å². The zero-order chi connectivity index (χ0) is 13.3. The fourth-order valence-electron chi connectivity index (χ4n) is 1.65. The number of hydrogen-bond donors (Lipinski definition) is 0. The van der Waals surface area contributed by atoms with Gasteiger partial charge in [-0.15, -0.1) is 10.2 Å². The molecule has 0 spiro atoms. The van der Waals surface area contributed by atoms with Crippen LogP contribution in [0.3, 0.4) is 0 Å². The van der Waals surface area contributed by atoms with E-state index in [9.17, 15) is 0 Å². The largest absolute Gasteiger partial charge is 0.420 e. The summed E-state index contributed by atoms with van der Waals surface area (Å²) in [6.45, 7) is 8.62. The maximum Gasteiger partial charge on any atom is 0.247 e. The minimum absolute atomic E-state index is 0.0309. The van der Waals surface area contributed by atoms with Gasteiger partial charge in [-0.25, -0.2) is 0 Å². The highest BCUT2D eigenvalue weighted by Gasteiger charge is 2.21. The van der Waals surface area contributed by atoms with Crippen LogP contribution in [0.1, 0.15) is 45.1 Å². The molecule has 4 heteroatoms. The van der Waals surface area contributed by atoms with Crippen molar-refractivity contribution in [3.8, 4) is 11.5 Å². The van der Waals surface area contributed by atoms with E-state index in [1.54, 1.807) is 0 Å². The summed E-state index contributed by atoms with van der Waals surface area (Å²) in [4.78, 5) is 0. The van der Waals surface area contributed by atoms with Crippen molar-refractivity contribution in [1.29, 1.82) is 0 Å². The van der Waals surface area contributed by atoms with Crippen molar-refractivity contribution in [3.05, 3.63) is 35.7 Å². The van der Waals surface area contributed by atoms with Crippen LogP contribution in [0.2, 0.25) is 0 Å². The van der Waals surface area contributed by atoms with Crippen LogP contribution in [0, 0.1) is 0 Å². The molecule has 1 aromatic carbocycles. The first-order valence-corrected chi connectivity index (χ1v) is 7.32. The summed E-state index contributed by atoms with van der Waals surface area (Å²) in [5.41, 5.74) is 2.31. The van der Waals surface area contributed by atoms with E-state index in [0.717, 1.165) is 21.7 Å². The molecule has 0 saturated heterocycles. The number of hydrogen-bond acceptors (Lipinski definition) is 3. The maximum atomic E-state index is 5.75. The average molecular weight is 260 g/mol. The summed E-state index contributed by atoms with van der Waals surface area (Å²) in [5, 5.41) is 8.30. The third kappa shape index (κ3) is 2.69. The minimum atomic E-state index is 0.0309. The molecule has 0 N–H and O–H groups in total. The zero-order valence-electron chi connectivity index (χ0n) is 11.7. The summed E-state index contributed by atoms with van der Waals surface area (Å²) in [6.07, 6.45) is 0. The molecule has 2 aromatic rings. The van der Waals surface area contributed by atoms with Gasteiger partial charge in [0.15, 0.2) is 0 Å². The second-order valence-electron chi connectivity index (χ2n) is 5.94. The van der Waals surface area contributed by atoms with Crippen LogP contribution in [0.25, 0.3) is 11.5 Å². The topological polar surface area (TPSA) is 38.9 Å². The molecule has 0 radical (unpaired) electrons. The van der Waals surface area contributed by atoms with Crippen LogP contribution >= 0.6 is 0 Å². The molecule has 0 fully saturated rings. The smallest absolute Gasteiger partial charge is 0.247 e. The van der Waals surface area contributed by atoms with Crippen molar-refractivity contribution in [3.63, 3.8) is 0 Å².